The van der Waals surface area contributed by atoms with Gasteiger partial charge in [0.25, 0.3) is 0 Å². The zero-order chi connectivity index (χ0) is 12.8. The van der Waals surface area contributed by atoms with Crippen molar-refractivity contribution in [1.82, 2.24) is 4.90 Å². The van der Waals surface area contributed by atoms with Crippen LogP contribution in [0.3, 0.4) is 0 Å². The lowest BCUT2D eigenvalue weighted by Crippen LogP contribution is -2.31. The van der Waals surface area contributed by atoms with Crippen LogP contribution in [0.5, 0.6) is 0 Å². The molecule has 1 unspecified atom stereocenters. The Morgan fingerprint density at radius 3 is 3.17 bits per heavy atom. The molecule has 1 aliphatic rings. The number of thiophene rings is 1. The maximum Gasteiger partial charge on any atom is 0.104 e. The van der Waals surface area contributed by atoms with Crippen molar-refractivity contribution in [2.24, 2.45) is 0 Å². The zero-order valence-electron chi connectivity index (χ0n) is 11.0. The molecule has 2 nitrogen and oxygen atoms in total. The molecule has 0 amide bonds. The molecule has 2 heterocycles. The predicted octanol–water partition coefficient (Wildman–Crippen LogP) is 2.86. The number of aliphatic hydroxyl groups is 1. The van der Waals surface area contributed by atoms with Crippen molar-refractivity contribution in [2.75, 3.05) is 13.2 Å². The van der Waals surface area contributed by atoms with Gasteiger partial charge in [-0.05, 0) is 32.4 Å². The van der Waals surface area contributed by atoms with Crippen molar-refractivity contribution in [3.05, 3.63) is 21.9 Å². The van der Waals surface area contributed by atoms with Gasteiger partial charge < -0.3 is 5.11 Å². The largest absolute Gasteiger partial charge is 0.384 e. The van der Waals surface area contributed by atoms with E-state index in [1.54, 1.807) is 11.3 Å². The third kappa shape index (κ3) is 3.84. The summed E-state index contributed by atoms with van der Waals surface area (Å²) in [7, 11) is 0. The summed E-state index contributed by atoms with van der Waals surface area (Å²) in [6.45, 7) is 4.54. The normalized spacial score (nSPS) is 21.1. The minimum atomic E-state index is -0.0612. The summed E-state index contributed by atoms with van der Waals surface area (Å²) in [6.07, 6.45) is 5.39. The lowest BCUT2D eigenvalue weighted by Gasteiger charge is -2.26. The Hall–Kier alpha value is -0.820. The van der Waals surface area contributed by atoms with Gasteiger partial charge in [0, 0.05) is 28.4 Å². The van der Waals surface area contributed by atoms with E-state index in [0.29, 0.717) is 6.04 Å². The van der Waals surface area contributed by atoms with Crippen molar-refractivity contribution in [3.63, 3.8) is 0 Å². The van der Waals surface area contributed by atoms with Crippen LogP contribution in [0.1, 0.15) is 43.0 Å². The number of rotatable bonds is 2. The maximum atomic E-state index is 8.68. The van der Waals surface area contributed by atoms with Gasteiger partial charge in [-0.2, -0.15) is 0 Å². The molecule has 0 aromatic carbocycles. The number of aliphatic hydroxyl groups excluding tert-OH is 1. The highest BCUT2D eigenvalue weighted by Gasteiger charge is 2.17. The van der Waals surface area contributed by atoms with Gasteiger partial charge in [-0.25, -0.2) is 0 Å². The molecule has 1 N–H and O–H groups in total. The topological polar surface area (TPSA) is 23.5 Å². The minimum Gasteiger partial charge on any atom is -0.384 e. The molecule has 1 aliphatic heterocycles. The quantitative estimate of drug-likeness (QED) is 0.829. The molecule has 0 radical (unpaired) electrons. The molecule has 98 valence electrons. The van der Waals surface area contributed by atoms with Crippen LogP contribution in [0.25, 0.3) is 0 Å². The second-order valence-corrected chi connectivity index (χ2v) is 5.93. The highest BCUT2D eigenvalue weighted by molar-refractivity contribution is 7.10. The highest BCUT2D eigenvalue weighted by Crippen LogP contribution is 2.22. The second kappa shape index (κ2) is 6.94. The summed E-state index contributed by atoms with van der Waals surface area (Å²) in [5.41, 5.74) is 1.03. The fourth-order valence-corrected chi connectivity index (χ4v) is 3.28. The third-order valence-electron chi connectivity index (χ3n) is 3.52. The maximum absolute atomic E-state index is 8.68. The van der Waals surface area contributed by atoms with Gasteiger partial charge in [0.05, 0.1) is 0 Å². The van der Waals surface area contributed by atoms with Gasteiger partial charge >= 0.3 is 0 Å². The SMILES string of the molecule is CC1CCCCCN1Cc1cc(C#CCO)cs1. The smallest absolute Gasteiger partial charge is 0.104 e. The van der Waals surface area contributed by atoms with Crippen LogP contribution >= 0.6 is 11.3 Å². The standard InChI is InChI=1S/C15H21NOS/c1-13-6-3-2-4-8-16(13)11-15-10-14(12-18-15)7-5-9-17/h10,12-13,17H,2-4,6,8-9,11H2,1H3. The molecular formula is C15H21NOS. The van der Waals surface area contributed by atoms with Crippen LogP contribution in [0.15, 0.2) is 11.4 Å². The molecule has 1 aromatic heterocycles. The number of likely N-dealkylation sites (tertiary alicyclic amines) is 1. The molecule has 0 bridgehead atoms. The van der Waals surface area contributed by atoms with Gasteiger partial charge in [-0.1, -0.05) is 24.7 Å². The van der Waals surface area contributed by atoms with E-state index in [4.69, 9.17) is 5.11 Å². The summed E-state index contributed by atoms with van der Waals surface area (Å²) in [5.74, 6) is 5.67. The highest BCUT2D eigenvalue weighted by atomic mass is 32.1. The Morgan fingerprint density at radius 2 is 2.33 bits per heavy atom. The van der Waals surface area contributed by atoms with Gasteiger partial charge in [-0.15, -0.1) is 11.3 Å². The molecule has 3 heteroatoms. The van der Waals surface area contributed by atoms with Gasteiger partial charge in [0.1, 0.15) is 6.61 Å². The van der Waals surface area contributed by atoms with Crippen molar-refractivity contribution >= 4 is 11.3 Å². The van der Waals surface area contributed by atoms with Crippen LogP contribution < -0.4 is 0 Å². The molecule has 0 aliphatic carbocycles. The number of hydrogen-bond donors (Lipinski definition) is 1. The molecule has 1 atom stereocenters. The second-order valence-electron chi connectivity index (χ2n) is 4.93. The first-order valence-corrected chi connectivity index (χ1v) is 7.59. The van der Waals surface area contributed by atoms with Crippen molar-refractivity contribution in [3.8, 4) is 11.8 Å². The number of nitrogens with zero attached hydrogens (tertiary/aromatic N) is 1. The van der Waals surface area contributed by atoms with Crippen molar-refractivity contribution in [2.45, 2.75) is 45.2 Å². The van der Waals surface area contributed by atoms with E-state index in [1.165, 1.54) is 37.1 Å². The first-order chi connectivity index (χ1) is 8.79. The monoisotopic (exact) mass is 263 g/mol. The fourth-order valence-electron chi connectivity index (χ4n) is 2.44. The molecule has 2 rings (SSSR count). The summed E-state index contributed by atoms with van der Waals surface area (Å²) in [6, 6.07) is 2.85. The van der Waals surface area contributed by atoms with Crippen LogP contribution in [0.4, 0.5) is 0 Å². The lowest BCUT2D eigenvalue weighted by atomic mass is 10.1. The predicted molar refractivity (Wildman–Crippen MR) is 76.6 cm³/mol. The fraction of sp³-hybridized carbons (Fsp3) is 0.600. The summed E-state index contributed by atoms with van der Waals surface area (Å²) < 4.78 is 0. The molecule has 1 saturated heterocycles. The van der Waals surface area contributed by atoms with E-state index >= 15 is 0 Å². The van der Waals surface area contributed by atoms with Crippen LogP contribution in [0, 0.1) is 11.8 Å². The minimum absolute atomic E-state index is 0.0612. The molecule has 1 fully saturated rings. The lowest BCUT2D eigenvalue weighted by molar-refractivity contribution is 0.207. The Morgan fingerprint density at radius 1 is 1.44 bits per heavy atom. The van der Waals surface area contributed by atoms with E-state index in [2.05, 4.69) is 35.1 Å². The Kier molecular flexibility index (Phi) is 5.25. The van der Waals surface area contributed by atoms with Gasteiger partial charge in [0.15, 0.2) is 0 Å². The van der Waals surface area contributed by atoms with Crippen molar-refractivity contribution < 1.29 is 5.11 Å². The zero-order valence-corrected chi connectivity index (χ0v) is 11.8. The average Bonchev–Trinajstić information content (AvgIpc) is 2.72. The molecule has 1 aromatic rings. The van der Waals surface area contributed by atoms with Crippen molar-refractivity contribution in [1.29, 1.82) is 0 Å². The summed E-state index contributed by atoms with van der Waals surface area (Å²) in [5, 5.41) is 10.8. The summed E-state index contributed by atoms with van der Waals surface area (Å²) >= 11 is 1.78. The Labute approximate surface area is 114 Å². The van der Waals surface area contributed by atoms with Gasteiger partial charge in [0.2, 0.25) is 0 Å². The average molecular weight is 263 g/mol. The Balaban J connectivity index is 1.97. The van der Waals surface area contributed by atoms with Crippen LogP contribution in [-0.4, -0.2) is 29.2 Å². The van der Waals surface area contributed by atoms with E-state index in [9.17, 15) is 0 Å². The Bertz CT molecular complexity index is 429. The third-order valence-corrected chi connectivity index (χ3v) is 4.44. The first kappa shape index (κ1) is 13.6. The van der Waals surface area contributed by atoms with E-state index in [-0.39, 0.29) is 6.61 Å². The van der Waals surface area contributed by atoms with Crippen LogP contribution in [0.2, 0.25) is 0 Å². The van der Waals surface area contributed by atoms with Crippen LogP contribution in [-0.2, 0) is 6.54 Å². The first-order valence-electron chi connectivity index (χ1n) is 6.71. The molecule has 0 spiro atoms. The van der Waals surface area contributed by atoms with Gasteiger partial charge in [-0.3, -0.25) is 4.90 Å². The molecule has 0 saturated carbocycles. The van der Waals surface area contributed by atoms with E-state index in [1.807, 2.05) is 0 Å². The summed E-state index contributed by atoms with van der Waals surface area (Å²) in [4.78, 5) is 3.97. The number of hydrogen-bond acceptors (Lipinski definition) is 3. The molecular weight excluding hydrogens is 242 g/mol. The van der Waals surface area contributed by atoms with E-state index < -0.39 is 0 Å². The van der Waals surface area contributed by atoms with E-state index in [0.717, 1.165) is 12.1 Å². The molecule has 18 heavy (non-hydrogen) atoms.